The minimum atomic E-state index is -0.258. The van der Waals surface area contributed by atoms with Gasteiger partial charge in [0.05, 0.1) is 18.8 Å². The first kappa shape index (κ1) is 17.0. The summed E-state index contributed by atoms with van der Waals surface area (Å²) >= 11 is 0. The molecule has 0 unspecified atom stereocenters. The van der Waals surface area contributed by atoms with Crippen LogP contribution in [-0.4, -0.2) is 39.8 Å². The molecule has 0 saturated heterocycles. The van der Waals surface area contributed by atoms with Gasteiger partial charge in [-0.25, -0.2) is 0 Å². The molecular formula is C18H27NO3. The van der Waals surface area contributed by atoms with Crippen molar-refractivity contribution in [2.45, 2.75) is 57.7 Å². The summed E-state index contributed by atoms with van der Waals surface area (Å²) in [7, 11) is 0. The SMILES string of the molecule is CC[C@@H](CO)N(Cc1ccccc1)C(=O)C1CCC(O)CC1. The van der Waals surface area contributed by atoms with Gasteiger partial charge in [0.15, 0.2) is 0 Å². The maximum Gasteiger partial charge on any atom is 0.226 e. The number of rotatable bonds is 6. The third kappa shape index (κ3) is 4.31. The Bertz CT molecular complexity index is 451. The highest BCUT2D eigenvalue weighted by atomic mass is 16.3. The van der Waals surface area contributed by atoms with Crippen LogP contribution in [0.5, 0.6) is 0 Å². The number of hydrogen-bond donors (Lipinski definition) is 2. The van der Waals surface area contributed by atoms with Gasteiger partial charge in [-0.3, -0.25) is 4.79 Å². The van der Waals surface area contributed by atoms with Crippen molar-refractivity contribution in [3.8, 4) is 0 Å². The van der Waals surface area contributed by atoms with E-state index in [9.17, 15) is 15.0 Å². The second kappa shape index (κ2) is 8.30. The summed E-state index contributed by atoms with van der Waals surface area (Å²) in [6.07, 6.45) is 3.37. The van der Waals surface area contributed by atoms with Crippen LogP contribution in [0.15, 0.2) is 30.3 Å². The van der Waals surface area contributed by atoms with E-state index in [-0.39, 0.29) is 30.6 Å². The van der Waals surface area contributed by atoms with Crippen LogP contribution >= 0.6 is 0 Å². The van der Waals surface area contributed by atoms with Crippen molar-refractivity contribution >= 4 is 5.91 Å². The molecule has 2 rings (SSSR count). The monoisotopic (exact) mass is 305 g/mol. The number of amides is 1. The van der Waals surface area contributed by atoms with E-state index in [0.29, 0.717) is 19.4 Å². The Morgan fingerprint density at radius 3 is 2.41 bits per heavy atom. The van der Waals surface area contributed by atoms with Crippen LogP contribution in [0.3, 0.4) is 0 Å². The van der Waals surface area contributed by atoms with Crippen molar-refractivity contribution in [3.05, 3.63) is 35.9 Å². The topological polar surface area (TPSA) is 60.8 Å². The van der Waals surface area contributed by atoms with E-state index in [2.05, 4.69) is 0 Å². The molecule has 1 aliphatic rings. The molecule has 4 nitrogen and oxygen atoms in total. The lowest BCUT2D eigenvalue weighted by Gasteiger charge is -2.35. The highest BCUT2D eigenvalue weighted by Gasteiger charge is 2.31. The van der Waals surface area contributed by atoms with Gasteiger partial charge in [-0.15, -0.1) is 0 Å². The first-order valence-corrected chi connectivity index (χ1v) is 8.29. The van der Waals surface area contributed by atoms with Crippen molar-refractivity contribution in [1.29, 1.82) is 0 Å². The van der Waals surface area contributed by atoms with Gasteiger partial charge in [0.1, 0.15) is 0 Å². The summed E-state index contributed by atoms with van der Waals surface area (Å²) in [6, 6.07) is 9.77. The standard InChI is InChI=1S/C18H27NO3/c1-2-16(13-20)19(12-14-6-4-3-5-7-14)18(22)15-8-10-17(21)11-9-15/h3-7,15-17,20-21H,2,8-13H2,1H3/t15?,16-,17?/m0/s1. The fourth-order valence-electron chi connectivity index (χ4n) is 3.17. The Balaban J connectivity index is 2.11. The molecule has 0 spiro atoms. The molecule has 0 radical (unpaired) electrons. The lowest BCUT2D eigenvalue weighted by Crippen LogP contribution is -2.45. The predicted octanol–water partition coefficient (Wildman–Crippen LogP) is 2.34. The molecular weight excluding hydrogens is 278 g/mol. The summed E-state index contributed by atoms with van der Waals surface area (Å²) in [5.41, 5.74) is 1.08. The quantitative estimate of drug-likeness (QED) is 0.848. The number of nitrogens with zero attached hydrogens (tertiary/aromatic N) is 1. The predicted molar refractivity (Wildman–Crippen MR) is 86.1 cm³/mol. The summed E-state index contributed by atoms with van der Waals surface area (Å²) in [6.45, 7) is 2.53. The van der Waals surface area contributed by atoms with E-state index in [1.165, 1.54) is 0 Å². The molecule has 2 N–H and O–H groups in total. The highest BCUT2D eigenvalue weighted by molar-refractivity contribution is 5.79. The van der Waals surface area contributed by atoms with Crippen molar-refractivity contribution in [3.63, 3.8) is 0 Å². The van der Waals surface area contributed by atoms with Crippen LogP contribution in [0, 0.1) is 5.92 Å². The number of carbonyl (C=O) groups is 1. The minimum absolute atomic E-state index is 0.00951. The second-order valence-corrected chi connectivity index (χ2v) is 6.20. The Hall–Kier alpha value is -1.39. The zero-order valence-electron chi connectivity index (χ0n) is 13.3. The molecule has 1 saturated carbocycles. The molecule has 1 fully saturated rings. The third-order valence-corrected chi connectivity index (χ3v) is 4.65. The second-order valence-electron chi connectivity index (χ2n) is 6.20. The van der Waals surface area contributed by atoms with E-state index in [0.717, 1.165) is 24.8 Å². The van der Waals surface area contributed by atoms with E-state index < -0.39 is 0 Å². The van der Waals surface area contributed by atoms with E-state index in [4.69, 9.17) is 0 Å². The maximum atomic E-state index is 12.9. The number of aliphatic hydroxyl groups excluding tert-OH is 2. The smallest absolute Gasteiger partial charge is 0.226 e. The van der Waals surface area contributed by atoms with Crippen LogP contribution < -0.4 is 0 Å². The van der Waals surface area contributed by atoms with Crippen molar-refractivity contribution in [2.24, 2.45) is 5.92 Å². The molecule has 1 aliphatic carbocycles. The zero-order valence-corrected chi connectivity index (χ0v) is 13.3. The fourth-order valence-corrected chi connectivity index (χ4v) is 3.17. The van der Waals surface area contributed by atoms with Gasteiger partial charge in [-0.2, -0.15) is 0 Å². The maximum absolute atomic E-state index is 12.9. The molecule has 4 heteroatoms. The number of benzene rings is 1. The molecule has 0 heterocycles. The van der Waals surface area contributed by atoms with Crippen molar-refractivity contribution in [2.75, 3.05) is 6.61 Å². The number of hydrogen-bond acceptors (Lipinski definition) is 3. The Morgan fingerprint density at radius 1 is 1.23 bits per heavy atom. The van der Waals surface area contributed by atoms with Gasteiger partial charge >= 0.3 is 0 Å². The van der Waals surface area contributed by atoms with Crippen molar-refractivity contribution < 1.29 is 15.0 Å². The molecule has 1 aromatic carbocycles. The normalized spacial score (nSPS) is 23.0. The van der Waals surface area contributed by atoms with E-state index in [1.54, 1.807) is 0 Å². The molecule has 1 aromatic rings. The molecule has 0 aliphatic heterocycles. The fraction of sp³-hybridized carbons (Fsp3) is 0.611. The van der Waals surface area contributed by atoms with Gasteiger partial charge < -0.3 is 15.1 Å². The first-order chi connectivity index (χ1) is 10.7. The third-order valence-electron chi connectivity index (χ3n) is 4.65. The van der Waals surface area contributed by atoms with Crippen LogP contribution in [0.2, 0.25) is 0 Å². The molecule has 22 heavy (non-hydrogen) atoms. The lowest BCUT2D eigenvalue weighted by atomic mass is 9.86. The lowest BCUT2D eigenvalue weighted by molar-refractivity contribution is -0.141. The average molecular weight is 305 g/mol. The van der Waals surface area contributed by atoms with Crippen molar-refractivity contribution in [1.82, 2.24) is 4.90 Å². The zero-order chi connectivity index (χ0) is 15.9. The molecule has 0 bridgehead atoms. The molecule has 1 amide bonds. The Morgan fingerprint density at radius 2 is 1.86 bits per heavy atom. The minimum Gasteiger partial charge on any atom is -0.394 e. The average Bonchev–Trinajstić information content (AvgIpc) is 2.56. The largest absolute Gasteiger partial charge is 0.394 e. The van der Waals surface area contributed by atoms with Gasteiger partial charge in [-0.1, -0.05) is 37.3 Å². The number of aliphatic hydroxyl groups is 2. The molecule has 1 atom stereocenters. The summed E-state index contributed by atoms with van der Waals surface area (Å²) in [4.78, 5) is 14.7. The Labute approximate surface area is 132 Å². The summed E-state index contributed by atoms with van der Waals surface area (Å²) in [5.74, 6) is 0.101. The first-order valence-electron chi connectivity index (χ1n) is 8.29. The van der Waals surface area contributed by atoms with Crippen LogP contribution in [0.25, 0.3) is 0 Å². The summed E-state index contributed by atoms with van der Waals surface area (Å²) < 4.78 is 0. The van der Waals surface area contributed by atoms with Gasteiger partial charge in [0, 0.05) is 12.5 Å². The number of carbonyl (C=O) groups excluding carboxylic acids is 1. The van der Waals surface area contributed by atoms with E-state index >= 15 is 0 Å². The van der Waals surface area contributed by atoms with Crippen LogP contribution in [0.4, 0.5) is 0 Å². The van der Waals surface area contributed by atoms with Crippen LogP contribution in [0.1, 0.15) is 44.6 Å². The highest BCUT2D eigenvalue weighted by Crippen LogP contribution is 2.27. The van der Waals surface area contributed by atoms with Gasteiger partial charge in [0.25, 0.3) is 0 Å². The van der Waals surface area contributed by atoms with Crippen LogP contribution in [-0.2, 0) is 11.3 Å². The Kier molecular flexibility index (Phi) is 6.40. The molecule has 0 aromatic heterocycles. The summed E-state index contributed by atoms with van der Waals surface area (Å²) in [5, 5.41) is 19.2. The van der Waals surface area contributed by atoms with Gasteiger partial charge in [-0.05, 0) is 37.7 Å². The van der Waals surface area contributed by atoms with Gasteiger partial charge in [0.2, 0.25) is 5.91 Å². The van der Waals surface area contributed by atoms with E-state index in [1.807, 2.05) is 42.2 Å². The molecule has 122 valence electrons.